The summed E-state index contributed by atoms with van der Waals surface area (Å²) in [5.41, 5.74) is 2.33. The van der Waals surface area contributed by atoms with Crippen LogP contribution in [0.4, 0.5) is 4.39 Å². The van der Waals surface area contributed by atoms with E-state index in [1.807, 2.05) is 29.8 Å². The third-order valence-electron chi connectivity index (χ3n) is 2.73. The van der Waals surface area contributed by atoms with Crippen molar-refractivity contribution in [2.24, 2.45) is 0 Å². The minimum absolute atomic E-state index is 0.202. The Morgan fingerprint density at radius 3 is 2.93 bits per heavy atom. The molecule has 2 aromatic heterocycles. The summed E-state index contributed by atoms with van der Waals surface area (Å²) in [4.78, 5) is 0. The van der Waals surface area contributed by atoms with Crippen LogP contribution in [0.5, 0.6) is 0 Å². The van der Waals surface area contributed by atoms with Crippen LogP contribution in [0.3, 0.4) is 0 Å². The second-order valence-electron chi connectivity index (χ2n) is 3.87. The highest BCUT2D eigenvalue weighted by Crippen LogP contribution is 2.15. The van der Waals surface area contributed by atoms with Crippen LogP contribution in [0.1, 0.15) is 12.5 Å². The Labute approximate surface area is 88.7 Å². The first-order valence-corrected chi connectivity index (χ1v) is 5.13. The fourth-order valence-corrected chi connectivity index (χ4v) is 1.75. The number of hydrogen-bond acceptors (Lipinski definition) is 1. The fraction of sp³-hybridized carbons (Fsp3) is 0.333. The summed E-state index contributed by atoms with van der Waals surface area (Å²) in [5.74, 6) is -0.202. The number of nitrogens with zero attached hydrogens (tertiary/aromatic N) is 1. The summed E-state index contributed by atoms with van der Waals surface area (Å²) < 4.78 is 14.8. The molecular weight excluding hydrogens is 191 g/mol. The predicted molar refractivity (Wildman–Crippen MR) is 59.6 cm³/mol. The Hall–Kier alpha value is -1.35. The van der Waals surface area contributed by atoms with Gasteiger partial charge in [-0.25, -0.2) is 4.39 Å². The molecule has 80 valence electrons. The molecule has 2 aromatic rings. The highest BCUT2D eigenvalue weighted by molar-refractivity contribution is 5.55. The Morgan fingerprint density at radius 1 is 1.40 bits per heavy atom. The summed E-state index contributed by atoms with van der Waals surface area (Å²) >= 11 is 0. The molecule has 15 heavy (non-hydrogen) atoms. The van der Waals surface area contributed by atoms with Crippen LogP contribution in [-0.4, -0.2) is 17.5 Å². The van der Waals surface area contributed by atoms with Crippen molar-refractivity contribution in [2.75, 3.05) is 7.05 Å². The molecule has 0 spiro atoms. The van der Waals surface area contributed by atoms with Crippen LogP contribution in [-0.2, 0) is 6.42 Å². The lowest BCUT2D eigenvalue weighted by Crippen LogP contribution is -2.23. The standard InChI is InChI=1S/C12H15FN2/c1-9(14-2)7-10-5-6-15-8-11(13)3-4-12(10)15/h3-6,8-9,14H,7H2,1-2H3. The average Bonchev–Trinajstić information content (AvgIpc) is 2.60. The molecule has 1 N–H and O–H groups in total. The van der Waals surface area contributed by atoms with Gasteiger partial charge in [-0.05, 0) is 44.2 Å². The summed E-state index contributed by atoms with van der Waals surface area (Å²) in [6.45, 7) is 2.13. The van der Waals surface area contributed by atoms with Crippen molar-refractivity contribution in [2.45, 2.75) is 19.4 Å². The Kier molecular flexibility index (Phi) is 2.73. The van der Waals surface area contributed by atoms with Crippen molar-refractivity contribution < 1.29 is 4.39 Å². The number of halogens is 1. The van der Waals surface area contributed by atoms with Crippen LogP contribution in [0, 0.1) is 5.82 Å². The van der Waals surface area contributed by atoms with Crippen molar-refractivity contribution >= 4 is 5.52 Å². The molecule has 2 nitrogen and oxygen atoms in total. The molecule has 3 heteroatoms. The number of pyridine rings is 1. The molecular formula is C12H15FN2. The smallest absolute Gasteiger partial charge is 0.139 e. The normalized spacial score (nSPS) is 13.3. The molecule has 0 bridgehead atoms. The van der Waals surface area contributed by atoms with Crippen LogP contribution in [0.25, 0.3) is 5.52 Å². The second kappa shape index (κ2) is 4.03. The van der Waals surface area contributed by atoms with E-state index < -0.39 is 0 Å². The highest BCUT2D eigenvalue weighted by atomic mass is 19.1. The third-order valence-corrected chi connectivity index (χ3v) is 2.73. The number of hydrogen-bond donors (Lipinski definition) is 1. The summed E-state index contributed by atoms with van der Waals surface area (Å²) in [5, 5.41) is 3.20. The van der Waals surface area contributed by atoms with Crippen molar-refractivity contribution in [1.82, 2.24) is 9.72 Å². The largest absolute Gasteiger partial charge is 0.321 e. The monoisotopic (exact) mass is 206 g/mol. The lowest BCUT2D eigenvalue weighted by molar-refractivity contribution is 0.609. The van der Waals surface area contributed by atoms with E-state index in [9.17, 15) is 4.39 Å². The Balaban J connectivity index is 2.36. The minimum Gasteiger partial charge on any atom is -0.321 e. The van der Waals surface area contributed by atoms with Crippen molar-refractivity contribution in [3.8, 4) is 0 Å². The molecule has 0 saturated heterocycles. The number of rotatable bonds is 3. The molecule has 0 saturated carbocycles. The van der Waals surface area contributed by atoms with Crippen molar-refractivity contribution in [3.05, 3.63) is 42.0 Å². The Morgan fingerprint density at radius 2 is 2.20 bits per heavy atom. The van der Waals surface area contributed by atoms with Crippen molar-refractivity contribution in [3.63, 3.8) is 0 Å². The third kappa shape index (κ3) is 2.02. The van der Waals surface area contributed by atoms with Gasteiger partial charge in [-0.2, -0.15) is 0 Å². The van der Waals surface area contributed by atoms with Gasteiger partial charge in [0.2, 0.25) is 0 Å². The Bertz CT molecular complexity index is 462. The molecule has 0 radical (unpaired) electrons. The molecule has 0 aliphatic carbocycles. The molecule has 0 aliphatic heterocycles. The van der Waals surface area contributed by atoms with Crippen LogP contribution < -0.4 is 5.32 Å². The maximum atomic E-state index is 12.9. The van der Waals surface area contributed by atoms with Gasteiger partial charge in [0.15, 0.2) is 0 Å². The molecule has 1 atom stereocenters. The van der Waals surface area contributed by atoms with E-state index in [0.717, 1.165) is 11.9 Å². The van der Waals surface area contributed by atoms with Crippen LogP contribution in [0.15, 0.2) is 30.6 Å². The van der Waals surface area contributed by atoms with E-state index in [1.165, 1.54) is 17.8 Å². The van der Waals surface area contributed by atoms with E-state index >= 15 is 0 Å². The van der Waals surface area contributed by atoms with Gasteiger partial charge in [0, 0.05) is 24.0 Å². The second-order valence-corrected chi connectivity index (χ2v) is 3.87. The lowest BCUT2D eigenvalue weighted by atomic mass is 10.1. The highest BCUT2D eigenvalue weighted by Gasteiger charge is 2.06. The van der Waals surface area contributed by atoms with Crippen LogP contribution >= 0.6 is 0 Å². The molecule has 0 amide bonds. The molecule has 0 aliphatic rings. The maximum absolute atomic E-state index is 12.9. The average molecular weight is 206 g/mol. The number of aromatic nitrogens is 1. The number of fused-ring (bicyclic) bond motifs is 1. The first-order valence-electron chi connectivity index (χ1n) is 5.13. The zero-order chi connectivity index (χ0) is 10.8. The first kappa shape index (κ1) is 10.2. The van der Waals surface area contributed by atoms with Gasteiger partial charge < -0.3 is 9.72 Å². The number of likely N-dealkylation sites (N-methyl/N-ethyl adjacent to an activating group) is 1. The molecule has 0 fully saturated rings. The summed E-state index contributed by atoms with van der Waals surface area (Å²) in [7, 11) is 1.95. The quantitative estimate of drug-likeness (QED) is 0.814. The van der Waals surface area contributed by atoms with Gasteiger partial charge in [0.25, 0.3) is 0 Å². The fourth-order valence-electron chi connectivity index (χ4n) is 1.75. The first-order chi connectivity index (χ1) is 7.20. The van der Waals surface area contributed by atoms with Gasteiger partial charge in [0.1, 0.15) is 5.82 Å². The van der Waals surface area contributed by atoms with Gasteiger partial charge in [-0.15, -0.1) is 0 Å². The van der Waals surface area contributed by atoms with Gasteiger partial charge in [0.05, 0.1) is 0 Å². The van der Waals surface area contributed by atoms with Crippen molar-refractivity contribution in [1.29, 1.82) is 0 Å². The summed E-state index contributed by atoms with van der Waals surface area (Å²) in [6, 6.07) is 5.81. The minimum atomic E-state index is -0.202. The van der Waals surface area contributed by atoms with E-state index in [0.29, 0.717) is 6.04 Å². The van der Waals surface area contributed by atoms with Gasteiger partial charge in [-0.3, -0.25) is 0 Å². The van der Waals surface area contributed by atoms with E-state index in [-0.39, 0.29) is 5.82 Å². The lowest BCUT2D eigenvalue weighted by Gasteiger charge is -2.08. The van der Waals surface area contributed by atoms with Crippen LogP contribution in [0.2, 0.25) is 0 Å². The molecule has 0 aromatic carbocycles. The van der Waals surface area contributed by atoms with E-state index in [2.05, 4.69) is 12.2 Å². The molecule has 2 heterocycles. The van der Waals surface area contributed by atoms with E-state index in [4.69, 9.17) is 0 Å². The summed E-state index contributed by atoms with van der Waals surface area (Å²) in [6.07, 6.45) is 4.36. The maximum Gasteiger partial charge on any atom is 0.139 e. The number of nitrogens with one attached hydrogen (secondary N) is 1. The predicted octanol–water partition coefficient (Wildman–Crippen LogP) is 2.23. The topological polar surface area (TPSA) is 16.4 Å². The van der Waals surface area contributed by atoms with E-state index in [1.54, 1.807) is 0 Å². The zero-order valence-corrected chi connectivity index (χ0v) is 9.00. The van der Waals surface area contributed by atoms with Gasteiger partial charge >= 0.3 is 0 Å². The SMILES string of the molecule is CNC(C)Cc1ccn2cc(F)ccc12. The zero-order valence-electron chi connectivity index (χ0n) is 9.00. The molecule has 1 unspecified atom stereocenters. The van der Waals surface area contributed by atoms with Gasteiger partial charge in [-0.1, -0.05) is 0 Å². The molecule has 2 rings (SSSR count).